The van der Waals surface area contributed by atoms with Gasteiger partial charge in [0.2, 0.25) is 0 Å². The molecule has 0 saturated heterocycles. The highest BCUT2D eigenvalue weighted by Crippen LogP contribution is 2.35. The normalized spacial score (nSPS) is 27.2. The molecule has 4 nitrogen and oxygen atoms in total. The van der Waals surface area contributed by atoms with Gasteiger partial charge in [0, 0.05) is 22.2 Å². The molecule has 0 heterocycles. The van der Waals surface area contributed by atoms with E-state index >= 15 is 0 Å². The molecule has 1 aromatic rings. The first kappa shape index (κ1) is 14.3. The third-order valence-corrected chi connectivity index (χ3v) is 4.29. The van der Waals surface area contributed by atoms with E-state index < -0.39 is 0 Å². The minimum atomic E-state index is -0.379. The molecule has 19 heavy (non-hydrogen) atoms. The Bertz CT molecular complexity index is 482. The van der Waals surface area contributed by atoms with Gasteiger partial charge in [-0.2, -0.15) is 0 Å². The van der Waals surface area contributed by atoms with E-state index in [0.29, 0.717) is 22.9 Å². The lowest BCUT2D eigenvalue weighted by molar-refractivity contribution is -0.385. The van der Waals surface area contributed by atoms with Gasteiger partial charge >= 0.3 is 0 Å². The van der Waals surface area contributed by atoms with Gasteiger partial charge in [-0.3, -0.25) is 10.1 Å². The number of nitro groups is 1. The van der Waals surface area contributed by atoms with E-state index in [0.717, 1.165) is 25.7 Å². The Morgan fingerprint density at radius 3 is 2.68 bits per heavy atom. The molecular weight excluding hydrogens is 264 g/mol. The van der Waals surface area contributed by atoms with Crippen LogP contribution in [0, 0.1) is 16.0 Å². The SMILES string of the molecule is CC1CCC(N)(Cc2ccc(Cl)cc2[N+](=O)[O-])CC1. The van der Waals surface area contributed by atoms with Crippen molar-refractivity contribution in [3.8, 4) is 0 Å². The van der Waals surface area contributed by atoms with E-state index in [1.807, 2.05) is 0 Å². The smallest absolute Gasteiger partial charge is 0.274 e. The van der Waals surface area contributed by atoms with Crippen LogP contribution in [0.25, 0.3) is 0 Å². The first-order valence-corrected chi connectivity index (χ1v) is 6.99. The van der Waals surface area contributed by atoms with Crippen LogP contribution in [0.15, 0.2) is 18.2 Å². The fourth-order valence-electron chi connectivity index (χ4n) is 2.75. The fourth-order valence-corrected chi connectivity index (χ4v) is 2.92. The van der Waals surface area contributed by atoms with E-state index in [9.17, 15) is 10.1 Å². The average molecular weight is 283 g/mol. The van der Waals surface area contributed by atoms with E-state index in [1.165, 1.54) is 6.07 Å². The number of nitro benzene ring substituents is 1. The quantitative estimate of drug-likeness (QED) is 0.679. The predicted molar refractivity (Wildman–Crippen MR) is 76.4 cm³/mol. The Hall–Kier alpha value is -1.13. The third kappa shape index (κ3) is 3.45. The topological polar surface area (TPSA) is 69.2 Å². The van der Waals surface area contributed by atoms with Gasteiger partial charge in [0.25, 0.3) is 5.69 Å². The molecule has 0 aliphatic heterocycles. The van der Waals surface area contributed by atoms with Gasteiger partial charge < -0.3 is 5.73 Å². The summed E-state index contributed by atoms with van der Waals surface area (Å²) < 4.78 is 0. The Morgan fingerprint density at radius 1 is 1.47 bits per heavy atom. The van der Waals surface area contributed by atoms with Crippen LogP contribution in [0.3, 0.4) is 0 Å². The molecule has 0 amide bonds. The summed E-state index contributed by atoms with van der Waals surface area (Å²) in [4.78, 5) is 10.7. The van der Waals surface area contributed by atoms with Crippen LogP contribution in [0.5, 0.6) is 0 Å². The van der Waals surface area contributed by atoms with Crippen molar-refractivity contribution in [2.45, 2.75) is 44.6 Å². The highest BCUT2D eigenvalue weighted by molar-refractivity contribution is 6.30. The second-order valence-corrected chi connectivity index (χ2v) is 6.19. The number of hydrogen-bond acceptors (Lipinski definition) is 3. The first-order valence-electron chi connectivity index (χ1n) is 6.61. The number of benzene rings is 1. The molecule has 2 rings (SSSR count). The third-order valence-electron chi connectivity index (χ3n) is 4.06. The minimum absolute atomic E-state index is 0.0796. The van der Waals surface area contributed by atoms with Crippen LogP contribution in [0.1, 0.15) is 38.2 Å². The highest BCUT2D eigenvalue weighted by Gasteiger charge is 2.32. The Morgan fingerprint density at radius 2 is 2.11 bits per heavy atom. The van der Waals surface area contributed by atoms with Crippen molar-refractivity contribution in [1.82, 2.24) is 0 Å². The second-order valence-electron chi connectivity index (χ2n) is 5.75. The molecule has 0 radical (unpaired) electrons. The maximum Gasteiger partial charge on any atom is 0.274 e. The van der Waals surface area contributed by atoms with E-state index in [4.69, 9.17) is 17.3 Å². The van der Waals surface area contributed by atoms with Crippen molar-refractivity contribution in [2.24, 2.45) is 11.7 Å². The summed E-state index contributed by atoms with van der Waals surface area (Å²) in [7, 11) is 0. The lowest BCUT2D eigenvalue weighted by Crippen LogP contribution is -2.45. The molecule has 1 aromatic carbocycles. The van der Waals surface area contributed by atoms with Crippen molar-refractivity contribution < 1.29 is 4.92 Å². The van der Waals surface area contributed by atoms with Crippen LogP contribution in [0.2, 0.25) is 5.02 Å². The largest absolute Gasteiger partial charge is 0.325 e. The Balaban J connectivity index is 2.21. The number of nitrogens with zero attached hydrogens (tertiary/aromatic N) is 1. The first-order chi connectivity index (χ1) is 8.89. The maximum atomic E-state index is 11.1. The zero-order valence-corrected chi connectivity index (χ0v) is 11.8. The monoisotopic (exact) mass is 282 g/mol. The molecule has 1 fully saturated rings. The molecule has 1 aliphatic carbocycles. The van der Waals surface area contributed by atoms with Crippen LogP contribution in [0.4, 0.5) is 5.69 Å². The molecule has 104 valence electrons. The summed E-state index contributed by atoms with van der Waals surface area (Å²) in [6.45, 7) is 2.23. The predicted octanol–water partition coefficient (Wildman–Crippen LogP) is 3.70. The van der Waals surface area contributed by atoms with Crippen LogP contribution in [-0.4, -0.2) is 10.5 Å². The second kappa shape index (κ2) is 5.47. The summed E-state index contributed by atoms with van der Waals surface area (Å²) in [5, 5.41) is 11.5. The Kier molecular flexibility index (Phi) is 4.11. The molecular formula is C14H19ClN2O2. The molecule has 0 atom stereocenters. The van der Waals surface area contributed by atoms with Gasteiger partial charge in [-0.25, -0.2) is 0 Å². The lowest BCUT2D eigenvalue weighted by atomic mass is 9.74. The van der Waals surface area contributed by atoms with Gasteiger partial charge in [-0.05, 0) is 44.1 Å². The van der Waals surface area contributed by atoms with Crippen molar-refractivity contribution in [3.63, 3.8) is 0 Å². The molecule has 1 aliphatic rings. The number of nitrogens with two attached hydrogens (primary N) is 1. The minimum Gasteiger partial charge on any atom is -0.325 e. The lowest BCUT2D eigenvalue weighted by Gasteiger charge is -2.36. The standard InChI is InChI=1S/C14H19ClN2O2/c1-10-4-6-14(16,7-5-10)9-11-2-3-12(15)8-13(11)17(18)19/h2-3,8,10H,4-7,9,16H2,1H3. The summed E-state index contributed by atoms with van der Waals surface area (Å²) in [6, 6.07) is 4.83. The van der Waals surface area contributed by atoms with Crippen molar-refractivity contribution >= 4 is 17.3 Å². The van der Waals surface area contributed by atoms with E-state index in [-0.39, 0.29) is 16.1 Å². The van der Waals surface area contributed by atoms with Gasteiger partial charge in [-0.1, -0.05) is 24.6 Å². The number of rotatable bonds is 3. The van der Waals surface area contributed by atoms with Gasteiger partial charge in [-0.15, -0.1) is 0 Å². The number of halogens is 1. The zero-order chi connectivity index (χ0) is 14.0. The molecule has 0 bridgehead atoms. The van der Waals surface area contributed by atoms with Crippen molar-refractivity contribution in [3.05, 3.63) is 38.9 Å². The number of hydrogen-bond donors (Lipinski definition) is 1. The summed E-state index contributed by atoms with van der Waals surface area (Å²) >= 11 is 5.82. The van der Waals surface area contributed by atoms with Crippen LogP contribution in [-0.2, 0) is 6.42 Å². The maximum absolute atomic E-state index is 11.1. The zero-order valence-electron chi connectivity index (χ0n) is 11.1. The fraction of sp³-hybridized carbons (Fsp3) is 0.571. The summed E-state index contributed by atoms with van der Waals surface area (Å²) in [6.07, 6.45) is 4.59. The molecule has 1 saturated carbocycles. The molecule has 0 unspecified atom stereocenters. The summed E-state index contributed by atoms with van der Waals surface area (Å²) in [5.41, 5.74) is 6.86. The molecule has 0 spiro atoms. The van der Waals surface area contributed by atoms with Crippen LogP contribution >= 0.6 is 11.6 Å². The van der Waals surface area contributed by atoms with Gasteiger partial charge in [0.1, 0.15) is 0 Å². The Labute approximate surface area is 118 Å². The molecule has 5 heteroatoms. The van der Waals surface area contributed by atoms with Gasteiger partial charge in [0.05, 0.1) is 4.92 Å². The summed E-state index contributed by atoms with van der Waals surface area (Å²) in [5.74, 6) is 0.705. The van der Waals surface area contributed by atoms with Gasteiger partial charge in [0.15, 0.2) is 0 Å². The average Bonchev–Trinajstić information content (AvgIpc) is 2.35. The highest BCUT2D eigenvalue weighted by atomic mass is 35.5. The van der Waals surface area contributed by atoms with Crippen LogP contribution < -0.4 is 5.73 Å². The molecule has 0 aromatic heterocycles. The van der Waals surface area contributed by atoms with Crippen molar-refractivity contribution in [2.75, 3.05) is 0 Å². The van der Waals surface area contributed by atoms with E-state index in [2.05, 4.69) is 6.92 Å². The molecule has 2 N–H and O–H groups in total. The van der Waals surface area contributed by atoms with E-state index in [1.54, 1.807) is 12.1 Å². The van der Waals surface area contributed by atoms with Crippen molar-refractivity contribution in [1.29, 1.82) is 0 Å².